The third kappa shape index (κ3) is 5.02. The summed E-state index contributed by atoms with van der Waals surface area (Å²) in [5, 5.41) is 16.7. The molecule has 0 heterocycles. The van der Waals surface area contributed by atoms with Gasteiger partial charge in [-0.1, -0.05) is 54.1 Å². The Morgan fingerprint density at radius 1 is 0.968 bits per heavy atom. The number of fused-ring (bicyclic) bond motifs is 1. The number of nitrogens with zero attached hydrogens (tertiary/aromatic N) is 1. The summed E-state index contributed by atoms with van der Waals surface area (Å²) in [5.41, 5.74) is 4.47. The highest BCUT2D eigenvalue weighted by molar-refractivity contribution is 6.30. The van der Waals surface area contributed by atoms with Crippen LogP contribution in [0.2, 0.25) is 5.02 Å². The van der Waals surface area contributed by atoms with Crippen LogP contribution in [-0.4, -0.2) is 17.2 Å². The maximum atomic E-state index is 12.4. The molecule has 4 aromatic rings. The molecule has 0 saturated carbocycles. The number of nitrogens with one attached hydrogen (secondary N) is 1. The Labute approximate surface area is 184 Å². The first-order valence-electron chi connectivity index (χ1n) is 9.61. The summed E-state index contributed by atoms with van der Waals surface area (Å²) in [6, 6.07) is 25.3. The van der Waals surface area contributed by atoms with Gasteiger partial charge in [-0.15, -0.1) is 0 Å². The molecule has 31 heavy (non-hydrogen) atoms. The van der Waals surface area contributed by atoms with Crippen LogP contribution in [0, 0.1) is 0 Å². The van der Waals surface area contributed by atoms with Crippen LogP contribution in [0.3, 0.4) is 0 Å². The number of phenols is 1. The number of benzene rings is 4. The molecule has 5 nitrogen and oxygen atoms in total. The van der Waals surface area contributed by atoms with Crippen LogP contribution < -0.4 is 10.2 Å². The van der Waals surface area contributed by atoms with Gasteiger partial charge in [0.1, 0.15) is 18.1 Å². The van der Waals surface area contributed by atoms with Crippen LogP contribution in [0.15, 0.2) is 90.0 Å². The first-order chi connectivity index (χ1) is 15.1. The van der Waals surface area contributed by atoms with Crippen molar-refractivity contribution in [2.45, 2.75) is 6.61 Å². The van der Waals surface area contributed by atoms with Crippen molar-refractivity contribution in [2.24, 2.45) is 5.10 Å². The standard InChI is InChI=1S/C25H19ClN2O3/c26-20-10-5-17(6-11-20)16-31-21-12-7-19(8-13-21)25(30)28-27-15-23-22-4-2-1-3-18(22)9-14-24(23)29/h1-15,29H,16H2,(H,28,30)/b27-15-. The highest BCUT2D eigenvalue weighted by Gasteiger charge is 2.07. The molecule has 6 heteroatoms. The first kappa shape index (κ1) is 20.4. The van der Waals surface area contributed by atoms with Crippen molar-refractivity contribution in [3.63, 3.8) is 0 Å². The molecular formula is C25H19ClN2O3. The molecular weight excluding hydrogens is 412 g/mol. The smallest absolute Gasteiger partial charge is 0.271 e. The fourth-order valence-corrected chi connectivity index (χ4v) is 3.22. The van der Waals surface area contributed by atoms with Crippen LogP contribution in [0.1, 0.15) is 21.5 Å². The SMILES string of the molecule is O=C(N/N=C\c1c(O)ccc2ccccc12)c1ccc(OCc2ccc(Cl)cc2)cc1. The van der Waals surface area contributed by atoms with Crippen LogP contribution in [0.25, 0.3) is 10.8 Å². The maximum Gasteiger partial charge on any atom is 0.271 e. The lowest BCUT2D eigenvalue weighted by Crippen LogP contribution is -2.17. The van der Waals surface area contributed by atoms with E-state index in [4.69, 9.17) is 16.3 Å². The molecule has 0 aliphatic heterocycles. The third-order valence-electron chi connectivity index (χ3n) is 4.74. The molecule has 0 saturated heterocycles. The minimum atomic E-state index is -0.361. The molecule has 0 fully saturated rings. The van der Waals surface area contributed by atoms with Crippen molar-refractivity contribution < 1.29 is 14.6 Å². The number of aromatic hydroxyl groups is 1. The predicted molar refractivity (Wildman–Crippen MR) is 123 cm³/mol. The van der Waals surface area contributed by atoms with E-state index in [2.05, 4.69) is 10.5 Å². The Hall–Kier alpha value is -3.83. The van der Waals surface area contributed by atoms with Crippen molar-refractivity contribution >= 4 is 34.5 Å². The molecule has 4 rings (SSSR count). The lowest BCUT2D eigenvalue weighted by atomic mass is 10.0. The molecule has 4 aromatic carbocycles. The number of ether oxygens (including phenoxy) is 1. The number of hydrazone groups is 1. The Morgan fingerprint density at radius 3 is 2.48 bits per heavy atom. The Kier molecular flexibility index (Phi) is 6.15. The molecule has 0 aliphatic carbocycles. The second-order valence-electron chi connectivity index (χ2n) is 6.86. The van der Waals surface area contributed by atoms with E-state index < -0.39 is 0 Å². The molecule has 2 N–H and O–H groups in total. The summed E-state index contributed by atoms with van der Waals surface area (Å²) >= 11 is 5.88. The fraction of sp³-hybridized carbons (Fsp3) is 0.0400. The number of rotatable bonds is 6. The van der Waals surface area contributed by atoms with Crippen LogP contribution in [0.4, 0.5) is 0 Å². The van der Waals surface area contributed by atoms with Gasteiger partial charge in [-0.25, -0.2) is 5.43 Å². The molecule has 0 atom stereocenters. The molecule has 154 valence electrons. The van der Waals surface area contributed by atoms with E-state index in [1.165, 1.54) is 6.21 Å². The normalized spacial score (nSPS) is 11.0. The average Bonchev–Trinajstić information content (AvgIpc) is 2.80. The lowest BCUT2D eigenvalue weighted by Gasteiger charge is -2.07. The van der Waals surface area contributed by atoms with E-state index in [-0.39, 0.29) is 11.7 Å². The molecule has 1 amide bonds. The van der Waals surface area contributed by atoms with Gasteiger partial charge in [0.15, 0.2) is 0 Å². The van der Waals surface area contributed by atoms with Gasteiger partial charge in [0.05, 0.1) is 6.21 Å². The number of hydrogen-bond donors (Lipinski definition) is 2. The van der Waals surface area contributed by atoms with E-state index in [0.717, 1.165) is 16.3 Å². The largest absolute Gasteiger partial charge is 0.507 e. The second kappa shape index (κ2) is 9.32. The van der Waals surface area contributed by atoms with Gasteiger partial charge in [0.2, 0.25) is 0 Å². The fourth-order valence-electron chi connectivity index (χ4n) is 3.09. The van der Waals surface area contributed by atoms with Gasteiger partial charge in [-0.2, -0.15) is 5.10 Å². The number of carbonyl (C=O) groups is 1. The Balaban J connectivity index is 1.38. The summed E-state index contributed by atoms with van der Waals surface area (Å²) in [6.45, 7) is 0.404. The van der Waals surface area contributed by atoms with Gasteiger partial charge in [-0.3, -0.25) is 4.79 Å². The highest BCUT2D eigenvalue weighted by atomic mass is 35.5. The number of phenolic OH excluding ortho intramolecular Hbond substituents is 1. The summed E-state index contributed by atoms with van der Waals surface area (Å²) < 4.78 is 5.73. The van der Waals surface area contributed by atoms with E-state index in [1.807, 2.05) is 54.6 Å². The molecule has 0 aromatic heterocycles. The predicted octanol–water partition coefficient (Wildman–Crippen LogP) is 5.54. The quantitative estimate of drug-likeness (QED) is 0.311. The Bertz CT molecular complexity index is 1240. The van der Waals surface area contributed by atoms with Gasteiger partial charge in [-0.05, 0) is 58.8 Å². The first-order valence-corrected chi connectivity index (χ1v) is 9.99. The van der Waals surface area contributed by atoms with Gasteiger partial charge in [0.25, 0.3) is 5.91 Å². The maximum absolute atomic E-state index is 12.4. The lowest BCUT2D eigenvalue weighted by molar-refractivity contribution is 0.0955. The summed E-state index contributed by atoms with van der Waals surface area (Å²) in [5.74, 6) is 0.384. The van der Waals surface area contributed by atoms with Crippen molar-refractivity contribution in [2.75, 3.05) is 0 Å². The Morgan fingerprint density at radius 2 is 1.71 bits per heavy atom. The monoisotopic (exact) mass is 430 g/mol. The van der Waals surface area contributed by atoms with Crippen molar-refractivity contribution in [1.29, 1.82) is 0 Å². The zero-order valence-corrected chi connectivity index (χ0v) is 17.2. The summed E-state index contributed by atoms with van der Waals surface area (Å²) in [7, 11) is 0. The summed E-state index contributed by atoms with van der Waals surface area (Å²) in [6.07, 6.45) is 1.44. The molecule has 0 spiro atoms. The number of amides is 1. The minimum Gasteiger partial charge on any atom is -0.507 e. The zero-order chi connectivity index (χ0) is 21.6. The number of carbonyl (C=O) groups excluding carboxylic acids is 1. The van der Waals surface area contributed by atoms with Gasteiger partial charge >= 0.3 is 0 Å². The van der Waals surface area contributed by atoms with E-state index >= 15 is 0 Å². The van der Waals surface area contributed by atoms with Gasteiger partial charge < -0.3 is 9.84 Å². The van der Waals surface area contributed by atoms with Crippen LogP contribution in [-0.2, 0) is 6.61 Å². The van der Waals surface area contributed by atoms with Gasteiger partial charge in [0, 0.05) is 16.1 Å². The number of hydrogen-bond acceptors (Lipinski definition) is 4. The van der Waals surface area contributed by atoms with Crippen molar-refractivity contribution in [1.82, 2.24) is 5.43 Å². The molecule has 0 bridgehead atoms. The second-order valence-corrected chi connectivity index (χ2v) is 7.29. The average molecular weight is 431 g/mol. The highest BCUT2D eigenvalue weighted by Crippen LogP contribution is 2.25. The van der Waals surface area contributed by atoms with E-state index in [1.54, 1.807) is 30.3 Å². The molecule has 0 unspecified atom stereocenters. The summed E-state index contributed by atoms with van der Waals surface area (Å²) in [4.78, 5) is 12.4. The van der Waals surface area contributed by atoms with E-state index in [0.29, 0.717) is 28.5 Å². The van der Waals surface area contributed by atoms with Crippen LogP contribution >= 0.6 is 11.6 Å². The third-order valence-corrected chi connectivity index (χ3v) is 4.99. The van der Waals surface area contributed by atoms with Crippen LogP contribution in [0.5, 0.6) is 11.5 Å². The minimum absolute atomic E-state index is 0.0962. The topological polar surface area (TPSA) is 70.9 Å². The number of halogens is 1. The van der Waals surface area contributed by atoms with Crippen molar-refractivity contribution in [3.05, 3.63) is 107 Å². The zero-order valence-electron chi connectivity index (χ0n) is 16.5. The molecule has 0 radical (unpaired) electrons. The van der Waals surface area contributed by atoms with E-state index in [9.17, 15) is 9.90 Å². The molecule has 0 aliphatic rings. The van der Waals surface area contributed by atoms with Crippen molar-refractivity contribution in [3.8, 4) is 11.5 Å².